The van der Waals surface area contributed by atoms with Gasteiger partial charge in [0.25, 0.3) is 0 Å². The third kappa shape index (κ3) is 5.73. The summed E-state index contributed by atoms with van der Waals surface area (Å²) in [5, 5.41) is 4.46. The van der Waals surface area contributed by atoms with Crippen molar-refractivity contribution in [3.63, 3.8) is 0 Å². The molecule has 2 aliphatic rings. The van der Waals surface area contributed by atoms with E-state index in [1.165, 1.54) is 38.7 Å². The van der Waals surface area contributed by atoms with E-state index < -0.39 is 17.8 Å². The van der Waals surface area contributed by atoms with Crippen LogP contribution in [0.4, 0.5) is 33.9 Å². The van der Waals surface area contributed by atoms with Crippen molar-refractivity contribution < 1.29 is 27.2 Å². The van der Waals surface area contributed by atoms with Gasteiger partial charge in [0, 0.05) is 45.0 Å². The zero-order valence-corrected chi connectivity index (χ0v) is 23.2. The van der Waals surface area contributed by atoms with Gasteiger partial charge in [0.1, 0.15) is 12.4 Å². The topological polar surface area (TPSA) is 64.9 Å². The SMILES string of the molecule is Cc1cccc(F)c1N1CCC(N2Cc3cn(CC(=O)N(C)C)nc3N(Cc3ccccc3C(F)(F)F)C2=O)CC1. The summed E-state index contributed by atoms with van der Waals surface area (Å²) in [5.74, 6) is -0.261. The van der Waals surface area contributed by atoms with Gasteiger partial charge >= 0.3 is 12.2 Å². The van der Waals surface area contributed by atoms with Gasteiger partial charge in [-0.3, -0.25) is 14.4 Å². The molecule has 218 valence electrons. The molecule has 0 atom stereocenters. The smallest absolute Gasteiger partial charge is 0.369 e. The van der Waals surface area contributed by atoms with Gasteiger partial charge in [0.15, 0.2) is 5.82 Å². The number of piperidine rings is 1. The number of likely N-dealkylation sites (N-methyl/N-ethyl adjacent to an activating group) is 1. The molecule has 8 nitrogen and oxygen atoms in total. The summed E-state index contributed by atoms with van der Waals surface area (Å²) in [6.45, 7) is 2.72. The third-order valence-electron chi connectivity index (χ3n) is 7.75. The van der Waals surface area contributed by atoms with Crippen LogP contribution in [0.5, 0.6) is 0 Å². The monoisotopic (exact) mass is 572 g/mol. The van der Waals surface area contributed by atoms with Crippen molar-refractivity contribution >= 4 is 23.4 Å². The van der Waals surface area contributed by atoms with Crippen LogP contribution in [-0.4, -0.2) is 64.7 Å². The first-order valence-electron chi connectivity index (χ1n) is 13.4. The van der Waals surface area contributed by atoms with Crippen LogP contribution in [0.3, 0.4) is 0 Å². The van der Waals surface area contributed by atoms with E-state index in [0.29, 0.717) is 37.2 Å². The van der Waals surface area contributed by atoms with Crippen molar-refractivity contribution in [2.24, 2.45) is 0 Å². The molecule has 0 spiro atoms. The molecule has 0 bridgehead atoms. The Bertz CT molecular complexity index is 1430. The Morgan fingerprint density at radius 2 is 1.78 bits per heavy atom. The zero-order chi connectivity index (χ0) is 29.5. The lowest BCUT2D eigenvalue weighted by Gasteiger charge is -2.43. The van der Waals surface area contributed by atoms with Crippen LogP contribution in [0, 0.1) is 12.7 Å². The summed E-state index contributed by atoms with van der Waals surface area (Å²) in [4.78, 5) is 32.6. The number of hydrogen-bond acceptors (Lipinski definition) is 4. The molecule has 2 aromatic carbocycles. The maximum atomic E-state index is 14.6. The molecule has 12 heteroatoms. The minimum Gasteiger partial charge on any atom is -0.369 e. The number of aryl methyl sites for hydroxylation is 1. The normalized spacial score (nSPS) is 16.3. The van der Waals surface area contributed by atoms with Crippen LogP contribution in [0.25, 0.3) is 0 Å². The Labute approximate surface area is 235 Å². The number of anilines is 2. The number of carbonyl (C=O) groups is 2. The van der Waals surface area contributed by atoms with Crippen molar-refractivity contribution in [3.8, 4) is 0 Å². The van der Waals surface area contributed by atoms with Gasteiger partial charge in [-0.2, -0.15) is 18.3 Å². The third-order valence-corrected chi connectivity index (χ3v) is 7.75. The molecule has 1 fully saturated rings. The number of amides is 3. The van der Waals surface area contributed by atoms with Gasteiger partial charge in [0.2, 0.25) is 5.91 Å². The number of rotatable bonds is 6. The Morgan fingerprint density at radius 3 is 2.44 bits per heavy atom. The molecule has 3 amide bonds. The van der Waals surface area contributed by atoms with E-state index in [0.717, 1.165) is 11.6 Å². The molecule has 0 N–H and O–H groups in total. The van der Waals surface area contributed by atoms with Crippen molar-refractivity contribution in [1.29, 1.82) is 0 Å². The van der Waals surface area contributed by atoms with Gasteiger partial charge < -0.3 is 14.7 Å². The Balaban J connectivity index is 1.43. The van der Waals surface area contributed by atoms with E-state index in [9.17, 15) is 27.2 Å². The maximum Gasteiger partial charge on any atom is 0.416 e. The first kappa shape index (κ1) is 28.4. The molecule has 0 unspecified atom stereocenters. The van der Waals surface area contributed by atoms with Gasteiger partial charge in [-0.1, -0.05) is 30.3 Å². The molecule has 3 aromatic rings. The fraction of sp³-hybridized carbons (Fsp3) is 0.414. The summed E-state index contributed by atoms with van der Waals surface area (Å²) < 4.78 is 57.5. The summed E-state index contributed by atoms with van der Waals surface area (Å²) >= 11 is 0. The average Bonchev–Trinajstić information content (AvgIpc) is 3.32. The van der Waals surface area contributed by atoms with Gasteiger partial charge in [-0.15, -0.1) is 0 Å². The summed E-state index contributed by atoms with van der Waals surface area (Å²) in [7, 11) is 3.24. The van der Waals surface area contributed by atoms with Crippen LogP contribution < -0.4 is 9.80 Å². The summed E-state index contributed by atoms with van der Waals surface area (Å²) in [5.41, 5.74) is 1.16. The van der Waals surface area contributed by atoms with Crippen molar-refractivity contribution in [2.45, 2.75) is 51.6 Å². The predicted octanol–water partition coefficient (Wildman–Crippen LogP) is 5.05. The second-order valence-corrected chi connectivity index (χ2v) is 10.7. The predicted molar refractivity (Wildman–Crippen MR) is 146 cm³/mol. The number of fused-ring (bicyclic) bond motifs is 1. The summed E-state index contributed by atoms with van der Waals surface area (Å²) in [6, 6.07) is 9.48. The lowest BCUT2D eigenvalue weighted by Crippen LogP contribution is -2.54. The van der Waals surface area contributed by atoms with E-state index in [1.807, 2.05) is 17.9 Å². The number of hydrogen-bond donors (Lipinski definition) is 0. The fourth-order valence-electron chi connectivity index (χ4n) is 5.61. The van der Waals surface area contributed by atoms with Gasteiger partial charge in [-0.05, 0) is 43.0 Å². The number of nitrogens with zero attached hydrogens (tertiary/aromatic N) is 6. The second kappa shape index (κ2) is 11.1. The first-order chi connectivity index (χ1) is 19.4. The highest BCUT2D eigenvalue weighted by Crippen LogP contribution is 2.37. The molecule has 5 rings (SSSR count). The molecule has 0 radical (unpaired) electrons. The highest BCUT2D eigenvalue weighted by atomic mass is 19.4. The Kier molecular flexibility index (Phi) is 7.67. The van der Waals surface area contributed by atoms with Crippen molar-refractivity contribution in [3.05, 3.63) is 76.7 Å². The molecular formula is C29H32F4N6O2. The molecule has 0 aliphatic carbocycles. The fourth-order valence-corrected chi connectivity index (χ4v) is 5.61. The lowest BCUT2D eigenvalue weighted by molar-refractivity contribution is -0.138. The van der Waals surface area contributed by atoms with Crippen LogP contribution in [-0.2, 0) is 30.6 Å². The minimum absolute atomic E-state index is 0.0510. The standard InChI is InChI=1S/C29H32F4N6O2/c1-19-7-6-10-24(30)26(19)36-13-11-22(12-14-36)38-17-21-15-37(18-25(40)35(2)3)34-27(21)39(28(38)41)16-20-8-4-5-9-23(20)29(31,32)33/h4-10,15,22H,11-14,16-18H2,1-3H3. The van der Waals surface area contributed by atoms with Gasteiger partial charge in [0.05, 0.1) is 24.3 Å². The molecule has 1 saturated heterocycles. The quantitative estimate of drug-likeness (QED) is 0.388. The molecule has 3 heterocycles. The number of para-hydroxylation sites is 1. The molecular weight excluding hydrogens is 540 g/mol. The number of alkyl halides is 3. The Morgan fingerprint density at radius 1 is 1.07 bits per heavy atom. The molecule has 0 saturated carbocycles. The zero-order valence-electron chi connectivity index (χ0n) is 23.2. The van der Waals surface area contributed by atoms with E-state index >= 15 is 0 Å². The van der Waals surface area contributed by atoms with E-state index in [4.69, 9.17) is 0 Å². The number of halogens is 4. The lowest BCUT2D eigenvalue weighted by atomic mass is 10.00. The number of carbonyl (C=O) groups excluding carboxylic acids is 2. The van der Waals surface area contributed by atoms with E-state index in [2.05, 4.69) is 5.10 Å². The van der Waals surface area contributed by atoms with E-state index in [-0.39, 0.29) is 48.8 Å². The van der Waals surface area contributed by atoms with Crippen molar-refractivity contribution in [1.82, 2.24) is 19.6 Å². The van der Waals surface area contributed by atoms with Crippen molar-refractivity contribution in [2.75, 3.05) is 37.0 Å². The number of benzene rings is 2. The average molecular weight is 573 g/mol. The van der Waals surface area contributed by atoms with Crippen LogP contribution in [0.15, 0.2) is 48.7 Å². The van der Waals surface area contributed by atoms with E-state index in [1.54, 1.807) is 31.3 Å². The Hall–Kier alpha value is -4.09. The largest absolute Gasteiger partial charge is 0.416 e. The second-order valence-electron chi connectivity index (χ2n) is 10.7. The van der Waals surface area contributed by atoms with Crippen LogP contribution in [0.1, 0.15) is 35.1 Å². The van der Waals surface area contributed by atoms with Crippen LogP contribution >= 0.6 is 0 Å². The first-order valence-corrected chi connectivity index (χ1v) is 13.4. The molecule has 2 aliphatic heterocycles. The highest BCUT2D eigenvalue weighted by molar-refractivity contribution is 5.94. The molecule has 1 aromatic heterocycles. The molecule has 41 heavy (non-hydrogen) atoms. The van der Waals surface area contributed by atoms with Gasteiger partial charge in [-0.25, -0.2) is 9.18 Å². The summed E-state index contributed by atoms with van der Waals surface area (Å²) in [6.07, 6.45) is -1.78. The maximum absolute atomic E-state index is 14.6. The number of aromatic nitrogens is 2. The minimum atomic E-state index is -4.59. The number of urea groups is 1. The van der Waals surface area contributed by atoms with Crippen LogP contribution in [0.2, 0.25) is 0 Å². The highest BCUT2D eigenvalue weighted by Gasteiger charge is 2.40.